The molecular weight excluding hydrogens is 376 g/mol. The summed E-state index contributed by atoms with van der Waals surface area (Å²) in [5, 5.41) is 11.7. The van der Waals surface area contributed by atoms with E-state index in [2.05, 4.69) is 20.3 Å². The molecule has 0 saturated carbocycles. The number of alkyl carbamates (subject to hydrolysis) is 1. The molecule has 2 heterocycles. The van der Waals surface area contributed by atoms with Crippen LogP contribution in [0.5, 0.6) is 0 Å². The van der Waals surface area contributed by atoms with Crippen LogP contribution in [0.3, 0.4) is 0 Å². The average molecular weight is 398 g/mol. The molecule has 1 aromatic carbocycles. The summed E-state index contributed by atoms with van der Waals surface area (Å²) in [6, 6.07) is 8.15. The molecule has 1 amide bonds. The minimum atomic E-state index is -1.10. The van der Waals surface area contributed by atoms with E-state index < -0.39 is 18.1 Å². The van der Waals surface area contributed by atoms with Crippen molar-refractivity contribution in [2.24, 2.45) is 0 Å². The third-order valence-electron chi connectivity index (χ3n) is 4.37. The van der Waals surface area contributed by atoms with Gasteiger partial charge in [-0.05, 0) is 24.8 Å². The Balaban J connectivity index is 1.45. The normalized spacial score (nSPS) is 11.9. The number of amides is 1. The molecule has 0 unspecified atom stereocenters. The van der Waals surface area contributed by atoms with Gasteiger partial charge in [0.2, 0.25) is 0 Å². The molecule has 0 radical (unpaired) electrons. The summed E-state index contributed by atoms with van der Waals surface area (Å²) < 4.78 is 6.92. The number of aryl methyl sites for hydroxylation is 1. The number of imidazole rings is 1. The van der Waals surface area contributed by atoms with Gasteiger partial charge in [-0.15, -0.1) is 0 Å². The molecule has 0 fully saturated rings. The van der Waals surface area contributed by atoms with E-state index in [0.717, 1.165) is 5.56 Å². The van der Waals surface area contributed by atoms with Crippen LogP contribution in [0.15, 0.2) is 43.0 Å². The number of fused-ring (bicyclic) bond motifs is 1. The van der Waals surface area contributed by atoms with E-state index in [-0.39, 0.29) is 13.0 Å². The van der Waals surface area contributed by atoms with Crippen molar-refractivity contribution in [3.05, 3.63) is 48.5 Å². The Morgan fingerprint density at radius 2 is 1.97 bits per heavy atom. The number of hydrogen-bond acceptors (Lipinski definition) is 7. The number of nitrogens with zero attached hydrogens (tertiary/aromatic N) is 4. The van der Waals surface area contributed by atoms with Crippen LogP contribution in [0.1, 0.15) is 24.8 Å². The molecule has 3 rings (SSSR count). The molecule has 0 bridgehead atoms. The molecule has 4 N–H and O–H groups in total. The van der Waals surface area contributed by atoms with E-state index in [4.69, 9.17) is 10.5 Å². The van der Waals surface area contributed by atoms with Gasteiger partial charge in [-0.1, -0.05) is 30.3 Å². The second-order valence-electron chi connectivity index (χ2n) is 6.46. The van der Waals surface area contributed by atoms with Crippen molar-refractivity contribution in [2.75, 3.05) is 5.73 Å². The molecule has 29 heavy (non-hydrogen) atoms. The fourth-order valence-corrected chi connectivity index (χ4v) is 2.86. The van der Waals surface area contributed by atoms with Crippen LogP contribution in [0.4, 0.5) is 10.6 Å². The van der Waals surface area contributed by atoms with Crippen LogP contribution in [-0.2, 0) is 22.7 Å². The first-order valence-electron chi connectivity index (χ1n) is 9.16. The van der Waals surface area contributed by atoms with Crippen LogP contribution in [0.2, 0.25) is 0 Å². The van der Waals surface area contributed by atoms with Crippen LogP contribution in [0, 0.1) is 0 Å². The van der Waals surface area contributed by atoms with Gasteiger partial charge in [0.15, 0.2) is 11.5 Å². The molecule has 0 aliphatic carbocycles. The number of aliphatic carboxylic acids is 1. The molecular formula is C19H22N6O4. The van der Waals surface area contributed by atoms with E-state index in [1.165, 1.54) is 6.33 Å². The lowest BCUT2D eigenvalue weighted by molar-refractivity contribution is -0.139. The SMILES string of the molecule is Nc1ncnc2c1ncn2CCCC[C@H](NC(=O)OCc1ccccc1)C(=O)O. The number of nitrogen functional groups attached to an aromatic ring is 1. The van der Waals surface area contributed by atoms with Gasteiger partial charge in [0.25, 0.3) is 0 Å². The Bertz CT molecular complexity index is 975. The molecule has 10 heteroatoms. The summed E-state index contributed by atoms with van der Waals surface area (Å²) in [7, 11) is 0. The summed E-state index contributed by atoms with van der Waals surface area (Å²) in [5.41, 5.74) is 7.76. The van der Waals surface area contributed by atoms with Gasteiger partial charge in [-0.25, -0.2) is 24.5 Å². The summed E-state index contributed by atoms with van der Waals surface area (Å²) >= 11 is 0. The fourth-order valence-electron chi connectivity index (χ4n) is 2.86. The van der Waals surface area contributed by atoms with E-state index in [1.54, 1.807) is 6.33 Å². The monoisotopic (exact) mass is 398 g/mol. The second kappa shape index (κ2) is 9.49. The van der Waals surface area contributed by atoms with Crippen LogP contribution in [0.25, 0.3) is 11.2 Å². The summed E-state index contributed by atoms with van der Waals surface area (Å²) in [6.07, 6.45) is 3.79. The topological polar surface area (TPSA) is 145 Å². The number of nitrogens with one attached hydrogen (secondary N) is 1. The number of unbranched alkanes of at least 4 members (excludes halogenated alkanes) is 1. The van der Waals surface area contributed by atoms with Crippen LogP contribution >= 0.6 is 0 Å². The molecule has 0 aliphatic heterocycles. The molecule has 0 spiro atoms. The van der Waals surface area contributed by atoms with E-state index in [9.17, 15) is 14.7 Å². The minimum absolute atomic E-state index is 0.0811. The molecule has 152 valence electrons. The van der Waals surface area contributed by atoms with Crippen molar-refractivity contribution < 1.29 is 19.4 Å². The third kappa shape index (κ3) is 5.41. The summed E-state index contributed by atoms with van der Waals surface area (Å²) in [5.74, 6) is -0.784. The summed E-state index contributed by atoms with van der Waals surface area (Å²) in [4.78, 5) is 35.6. The second-order valence-corrected chi connectivity index (χ2v) is 6.46. The zero-order valence-electron chi connectivity index (χ0n) is 15.7. The summed E-state index contributed by atoms with van der Waals surface area (Å²) in [6.45, 7) is 0.676. The zero-order valence-corrected chi connectivity index (χ0v) is 15.7. The van der Waals surface area contributed by atoms with Crippen molar-refractivity contribution in [2.45, 2.75) is 38.5 Å². The number of hydrogen-bond donors (Lipinski definition) is 3. The van der Waals surface area contributed by atoms with Gasteiger partial charge >= 0.3 is 12.1 Å². The quantitative estimate of drug-likeness (QED) is 0.464. The Kier molecular flexibility index (Phi) is 6.56. The van der Waals surface area contributed by atoms with Gasteiger partial charge in [-0.3, -0.25) is 0 Å². The predicted molar refractivity (Wildman–Crippen MR) is 105 cm³/mol. The van der Waals surface area contributed by atoms with E-state index in [1.807, 2.05) is 34.9 Å². The molecule has 10 nitrogen and oxygen atoms in total. The minimum Gasteiger partial charge on any atom is -0.480 e. The smallest absolute Gasteiger partial charge is 0.408 e. The number of benzene rings is 1. The van der Waals surface area contributed by atoms with E-state index in [0.29, 0.717) is 36.4 Å². The number of aromatic nitrogens is 4. The lowest BCUT2D eigenvalue weighted by Gasteiger charge is -2.14. The van der Waals surface area contributed by atoms with Crippen molar-refractivity contribution in [3.8, 4) is 0 Å². The third-order valence-corrected chi connectivity index (χ3v) is 4.37. The number of ether oxygens (including phenoxy) is 1. The molecule has 2 aromatic heterocycles. The predicted octanol–water partition coefficient (Wildman–Crippen LogP) is 1.96. The first-order valence-corrected chi connectivity index (χ1v) is 9.16. The number of nitrogens with two attached hydrogens (primary N) is 1. The highest BCUT2D eigenvalue weighted by Gasteiger charge is 2.20. The molecule has 1 atom stereocenters. The van der Waals surface area contributed by atoms with Crippen molar-refractivity contribution in [1.82, 2.24) is 24.8 Å². The first kappa shape index (κ1) is 20.1. The van der Waals surface area contributed by atoms with Crippen LogP contribution < -0.4 is 11.1 Å². The maximum absolute atomic E-state index is 11.9. The Morgan fingerprint density at radius 1 is 1.17 bits per heavy atom. The van der Waals surface area contributed by atoms with E-state index >= 15 is 0 Å². The molecule has 0 aliphatic rings. The van der Waals surface area contributed by atoms with Crippen molar-refractivity contribution >= 4 is 29.0 Å². The standard InChI is InChI=1S/C19H22N6O4/c20-16-15-17(22-11-21-16)25(12-23-15)9-5-4-8-14(18(26)27)24-19(28)29-10-13-6-2-1-3-7-13/h1-3,6-7,11-12,14H,4-5,8-10H2,(H,24,28)(H,26,27)(H2,20,21,22)/t14-/m0/s1. The number of carboxylic acid groups (broad SMARTS) is 1. The Labute approximate surface area is 166 Å². The molecule has 3 aromatic rings. The first-order chi connectivity index (χ1) is 14.0. The highest BCUT2D eigenvalue weighted by molar-refractivity contribution is 5.81. The number of carboxylic acids is 1. The number of anilines is 1. The number of carbonyl (C=O) groups is 2. The highest BCUT2D eigenvalue weighted by atomic mass is 16.5. The highest BCUT2D eigenvalue weighted by Crippen LogP contribution is 2.15. The Hall–Kier alpha value is -3.69. The van der Waals surface area contributed by atoms with Gasteiger partial charge < -0.3 is 25.5 Å². The van der Waals surface area contributed by atoms with Gasteiger partial charge in [0, 0.05) is 6.54 Å². The fraction of sp³-hybridized carbons (Fsp3) is 0.316. The lowest BCUT2D eigenvalue weighted by atomic mass is 10.1. The van der Waals surface area contributed by atoms with Crippen molar-refractivity contribution in [1.29, 1.82) is 0 Å². The van der Waals surface area contributed by atoms with Gasteiger partial charge in [-0.2, -0.15) is 0 Å². The Morgan fingerprint density at radius 3 is 2.72 bits per heavy atom. The van der Waals surface area contributed by atoms with Gasteiger partial charge in [0.05, 0.1) is 6.33 Å². The largest absolute Gasteiger partial charge is 0.480 e. The van der Waals surface area contributed by atoms with Gasteiger partial charge in [0.1, 0.15) is 24.5 Å². The maximum atomic E-state index is 11.9. The number of rotatable bonds is 9. The maximum Gasteiger partial charge on any atom is 0.408 e. The molecule has 0 saturated heterocycles. The zero-order chi connectivity index (χ0) is 20.6. The van der Waals surface area contributed by atoms with Crippen molar-refractivity contribution in [3.63, 3.8) is 0 Å². The van der Waals surface area contributed by atoms with Crippen LogP contribution in [-0.4, -0.2) is 42.7 Å². The lowest BCUT2D eigenvalue weighted by Crippen LogP contribution is -2.41. The number of carbonyl (C=O) groups excluding carboxylic acids is 1. The average Bonchev–Trinajstić information content (AvgIpc) is 3.14.